The van der Waals surface area contributed by atoms with Crippen molar-refractivity contribution in [1.29, 1.82) is 0 Å². The lowest BCUT2D eigenvalue weighted by Gasteiger charge is -2.31. The van der Waals surface area contributed by atoms with Crippen LogP contribution in [0, 0.1) is 11.7 Å². The normalized spacial score (nSPS) is 18.2. The third-order valence-corrected chi connectivity index (χ3v) is 4.26. The Labute approximate surface area is 133 Å². The Morgan fingerprint density at radius 2 is 2.09 bits per heavy atom. The van der Waals surface area contributed by atoms with Crippen LogP contribution in [0.4, 0.5) is 8.78 Å². The summed E-state index contributed by atoms with van der Waals surface area (Å²) in [5, 5.41) is 4.34. The molecule has 23 heavy (non-hydrogen) atoms. The SMILES string of the molecule is Cn1nc(-c2ccc(F)cc2)cc1C(=O)N1CCCC(CF)C1. The maximum atomic E-state index is 13.0. The molecule has 1 unspecified atom stereocenters. The molecule has 0 spiro atoms. The first-order valence-electron chi connectivity index (χ1n) is 7.73. The summed E-state index contributed by atoms with van der Waals surface area (Å²) in [6.45, 7) is 0.703. The molecule has 1 aromatic carbocycles. The van der Waals surface area contributed by atoms with Crippen LogP contribution in [0.15, 0.2) is 30.3 Å². The van der Waals surface area contributed by atoms with Crippen molar-refractivity contribution >= 4 is 5.91 Å². The summed E-state index contributed by atoms with van der Waals surface area (Å²) in [7, 11) is 1.71. The molecular weight excluding hydrogens is 300 g/mol. The second-order valence-electron chi connectivity index (χ2n) is 5.96. The molecular formula is C17H19F2N3O. The van der Waals surface area contributed by atoms with Crippen molar-refractivity contribution in [2.75, 3.05) is 19.8 Å². The molecule has 1 aromatic heterocycles. The van der Waals surface area contributed by atoms with Crippen molar-refractivity contribution in [3.05, 3.63) is 41.8 Å². The molecule has 1 amide bonds. The third-order valence-electron chi connectivity index (χ3n) is 4.26. The Kier molecular flexibility index (Phi) is 4.41. The van der Waals surface area contributed by atoms with E-state index in [0.29, 0.717) is 24.5 Å². The quantitative estimate of drug-likeness (QED) is 0.872. The lowest BCUT2D eigenvalue weighted by Crippen LogP contribution is -2.41. The van der Waals surface area contributed by atoms with Crippen LogP contribution in [0.3, 0.4) is 0 Å². The van der Waals surface area contributed by atoms with Crippen LogP contribution in [-0.4, -0.2) is 40.4 Å². The number of halogens is 2. The van der Waals surface area contributed by atoms with Crippen molar-refractivity contribution < 1.29 is 13.6 Å². The van der Waals surface area contributed by atoms with Gasteiger partial charge in [0.05, 0.1) is 12.4 Å². The summed E-state index contributed by atoms with van der Waals surface area (Å²) < 4.78 is 27.4. The second-order valence-corrected chi connectivity index (χ2v) is 5.96. The number of carbonyl (C=O) groups excluding carboxylic acids is 1. The lowest BCUT2D eigenvalue weighted by molar-refractivity contribution is 0.0645. The van der Waals surface area contributed by atoms with E-state index in [1.165, 1.54) is 16.8 Å². The minimum Gasteiger partial charge on any atom is -0.337 e. The number of alkyl halides is 1. The Balaban J connectivity index is 1.83. The smallest absolute Gasteiger partial charge is 0.272 e. The zero-order chi connectivity index (χ0) is 16.4. The topological polar surface area (TPSA) is 38.1 Å². The van der Waals surface area contributed by atoms with E-state index in [-0.39, 0.29) is 17.6 Å². The van der Waals surface area contributed by atoms with Crippen LogP contribution >= 0.6 is 0 Å². The molecule has 3 rings (SSSR count). The number of aryl methyl sites for hydroxylation is 1. The molecule has 0 saturated carbocycles. The summed E-state index contributed by atoms with van der Waals surface area (Å²) in [4.78, 5) is 14.4. The predicted octanol–water partition coefficient (Wildman–Crippen LogP) is 3.05. The highest BCUT2D eigenvalue weighted by Crippen LogP contribution is 2.22. The fraction of sp³-hybridized carbons (Fsp3) is 0.412. The Hall–Kier alpha value is -2.24. The molecule has 1 atom stereocenters. The standard InChI is InChI=1S/C17H19F2N3O/c1-21-16(17(23)22-8-2-3-12(10-18)11-22)9-15(20-21)13-4-6-14(19)7-5-13/h4-7,9,12H,2-3,8,10-11H2,1H3. The van der Waals surface area contributed by atoms with E-state index < -0.39 is 6.67 Å². The number of nitrogens with zero attached hydrogens (tertiary/aromatic N) is 3. The van der Waals surface area contributed by atoms with Crippen molar-refractivity contribution in [3.8, 4) is 11.3 Å². The fourth-order valence-corrected chi connectivity index (χ4v) is 2.97. The fourth-order valence-electron chi connectivity index (χ4n) is 2.97. The van der Waals surface area contributed by atoms with E-state index in [1.54, 1.807) is 30.1 Å². The molecule has 2 heterocycles. The summed E-state index contributed by atoms with van der Waals surface area (Å²) in [6, 6.07) is 7.69. The Morgan fingerprint density at radius 1 is 1.35 bits per heavy atom. The van der Waals surface area contributed by atoms with E-state index in [1.807, 2.05) is 0 Å². The summed E-state index contributed by atoms with van der Waals surface area (Å²) in [5.41, 5.74) is 1.83. The van der Waals surface area contributed by atoms with Crippen LogP contribution < -0.4 is 0 Å². The average molecular weight is 319 g/mol. The van der Waals surface area contributed by atoms with Crippen molar-refractivity contribution in [1.82, 2.24) is 14.7 Å². The van der Waals surface area contributed by atoms with Gasteiger partial charge in [-0.15, -0.1) is 0 Å². The maximum absolute atomic E-state index is 13.0. The largest absolute Gasteiger partial charge is 0.337 e. The zero-order valence-electron chi connectivity index (χ0n) is 13.0. The minimum absolute atomic E-state index is 0.0718. The molecule has 0 bridgehead atoms. The molecule has 122 valence electrons. The van der Waals surface area contributed by atoms with E-state index in [0.717, 1.165) is 18.4 Å². The average Bonchev–Trinajstić information content (AvgIpc) is 2.96. The van der Waals surface area contributed by atoms with Gasteiger partial charge in [0.2, 0.25) is 0 Å². The maximum Gasteiger partial charge on any atom is 0.272 e. The van der Waals surface area contributed by atoms with Gasteiger partial charge in [0.15, 0.2) is 0 Å². The number of aromatic nitrogens is 2. The summed E-state index contributed by atoms with van der Waals surface area (Å²) in [6.07, 6.45) is 1.65. The van der Waals surface area contributed by atoms with Gasteiger partial charge in [-0.2, -0.15) is 5.10 Å². The van der Waals surface area contributed by atoms with Gasteiger partial charge in [0, 0.05) is 31.6 Å². The second kappa shape index (κ2) is 6.48. The van der Waals surface area contributed by atoms with Crippen molar-refractivity contribution in [2.45, 2.75) is 12.8 Å². The van der Waals surface area contributed by atoms with Crippen LogP contribution in [0.1, 0.15) is 23.3 Å². The van der Waals surface area contributed by atoms with Crippen molar-refractivity contribution in [2.24, 2.45) is 13.0 Å². The minimum atomic E-state index is -0.393. The van der Waals surface area contributed by atoms with Crippen molar-refractivity contribution in [3.63, 3.8) is 0 Å². The highest BCUT2D eigenvalue weighted by atomic mass is 19.1. The predicted molar refractivity (Wildman–Crippen MR) is 83.2 cm³/mol. The molecule has 1 fully saturated rings. The van der Waals surface area contributed by atoms with Crippen LogP contribution in [0.5, 0.6) is 0 Å². The summed E-state index contributed by atoms with van der Waals surface area (Å²) >= 11 is 0. The Bertz CT molecular complexity index is 696. The highest BCUT2D eigenvalue weighted by molar-refractivity contribution is 5.93. The molecule has 2 aromatic rings. The molecule has 6 heteroatoms. The first-order chi connectivity index (χ1) is 11.1. The Morgan fingerprint density at radius 3 is 2.78 bits per heavy atom. The molecule has 1 aliphatic rings. The van der Waals surface area contributed by atoms with Crippen LogP contribution in [0.2, 0.25) is 0 Å². The first-order valence-corrected chi connectivity index (χ1v) is 7.73. The highest BCUT2D eigenvalue weighted by Gasteiger charge is 2.26. The van der Waals surface area contributed by atoms with Crippen LogP contribution in [0.25, 0.3) is 11.3 Å². The molecule has 4 nitrogen and oxygen atoms in total. The molecule has 0 N–H and O–H groups in total. The van der Waals surface area contributed by atoms with Gasteiger partial charge in [0.25, 0.3) is 5.91 Å². The number of hydrogen-bond donors (Lipinski definition) is 0. The lowest BCUT2D eigenvalue weighted by atomic mass is 9.99. The molecule has 1 saturated heterocycles. The van der Waals surface area contributed by atoms with Gasteiger partial charge in [-0.1, -0.05) is 0 Å². The zero-order valence-corrected chi connectivity index (χ0v) is 13.0. The van der Waals surface area contributed by atoms with E-state index in [4.69, 9.17) is 0 Å². The molecule has 1 aliphatic heterocycles. The van der Waals surface area contributed by atoms with Crippen LogP contribution in [-0.2, 0) is 7.05 Å². The first kappa shape index (κ1) is 15.6. The van der Waals surface area contributed by atoms with E-state index in [2.05, 4.69) is 5.10 Å². The van der Waals surface area contributed by atoms with Gasteiger partial charge in [-0.3, -0.25) is 13.9 Å². The number of hydrogen-bond acceptors (Lipinski definition) is 2. The number of carbonyl (C=O) groups is 1. The third kappa shape index (κ3) is 3.25. The molecule has 0 aliphatic carbocycles. The number of rotatable bonds is 3. The number of likely N-dealkylation sites (tertiary alicyclic amines) is 1. The van der Waals surface area contributed by atoms with E-state index in [9.17, 15) is 13.6 Å². The number of benzene rings is 1. The van der Waals surface area contributed by atoms with E-state index >= 15 is 0 Å². The van der Waals surface area contributed by atoms with Gasteiger partial charge >= 0.3 is 0 Å². The van der Waals surface area contributed by atoms with Gasteiger partial charge in [-0.25, -0.2) is 4.39 Å². The number of amides is 1. The van der Waals surface area contributed by atoms with Gasteiger partial charge in [0.1, 0.15) is 11.5 Å². The number of piperidine rings is 1. The van der Waals surface area contributed by atoms with Gasteiger partial charge in [-0.05, 0) is 43.2 Å². The monoisotopic (exact) mass is 319 g/mol. The van der Waals surface area contributed by atoms with Gasteiger partial charge < -0.3 is 4.90 Å². The summed E-state index contributed by atoms with van der Waals surface area (Å²) in [5.74, 6) is -0.518. The molecule has 0 radical (unpaired) electrons.